The van der Waals surface area contributed by atoms with Gasteiger partial charge in [0.25, 0.3) is 0 Å². The Morgan fingerprint density at radius 3 is 2.38 bits per heavy atom. The first kappa shape index (κ1) is 18.3. The van der Waals surface area contributed by atoms with E-state index in [1.165, 1.54) is 0 Å². The molecular weight excluding hydrogens is 283 g/mol. The van der Waals surface area contributed by atoms with Gasteiger partial charge in [-0.1, -0.05) is 26.7 Å². The molecule has 0 bridgehead atoms. The summed E-state index contributed by atoms with van der Waals surface area (Å²) in [6.45, 7) is 5.69. The number of halogens is 3. The van der Waals surface area contributed by atoms with Crippen molar-refractivity contribution in [2.45, 2.75) is 65.2 Å². The number of carbonyl (C=O) groups excluding carboxylic acids is 1. The van der Waals surface area contributed by atoms with E-state index in [1.54, 1.807) is 6.92 Å². The van der Waals surface area contributed by atoms with Crippen LogP contribution in [0.4, 0.5) is 13.2 Å². The van der Waals surface area contributed by atoms with Crippen molar-refractivity contribution in [3.63, 3.8) is 0 Å². The Hall–Kier alpha value is -0.780. The minimum atomic E-state index is -4.31. The summed E-state index contributed by atoms with van der Waals surface area (Å²) in [5.41, 5.74) is -0.341. The summed E-state index contributed by atoms with van der Waals surface area (Å²) in [4.78, 5) is 12.1. The maximum absolute atomic E-state index is 13.0. The van der Waals surface area contributed by atoms with Gasteiger partial charge in [-0.25, -0.2) is 0 Å². The van der Waals surface area contributed by atoms with E-state index < -0.39 is 30.0 Å². The molecule has 1 saturated carbocycles. The average molecular weight is 309 g/mol. The fourth-order valence-electron chi connectivity index (χ4n) is 3.17. The van der Waals surface area contributed by atoms with E-state index in [2.05, 4.69) is 5.32 Å². The van der Waals surface area contributed by atoms with Gasteiger partial charge in [-0.2, -0.15) is 13.2 Å². The lowest BCUT2D eigenvalue weighted by Crippen LogP contribution is -2.45. The van der Waals surface area contributed by atoms with Crippen LogP contribution in [0.2, 0.25) is 0 Å². The van der Waals surface area contributed by atoms with Crippen LogP contribution >= 0.6 is 0 Å². The molecule has 3 nitrogen and oxygen atoms in total. The molecule has 0 aliphatic heterocycles. The third-order valence-electron chi connectivity index (χ3n) is 4.11. The summed E-state index contributed by atoms with van der Waals surface area (Å²) in [6.07, 6.45) is -2.79. The van der Waals surface area contributed by atoms with Crippen LogP contribution in [0.15, 0.2) is 0 Å². The van der Waals surface area contributed by atoms with Gasteiger partial charge in [0, 0.05) is 12.5 Å². The average Bonchev–Trinajstić information content (AvgIpc) is 2.33. The highest BCUT2D eigenvalue weighted by atomic mass is 19.4. The molecule has 21 heavy (non-hydrogen) atoms. The Bertz CT molecular complexity index is 353. The Morgan fingerprint density at radius 2 is 1.86 bits per heavy atom. The van der Waals surface area contributed by atoms with E-state index in [4.69, 9.17) is 0 Å². The van der Waals surface area contributed by atoms with Gasteiger partial charge in [-0.3, -0.25) is 4.79 Å². The molecule has 2 N–H and O–H groups in total. The van der Waals surface area contributed by atoms with Gasteiger partial charge in [-0.05, 0) is 31.6 Å². The van der Waals surface area contributed by atoms with E-state index in [9.17, 15) is 23.1 Å². The minimum Gasteiger partial charge on any atom is -0.393 e. The SMILES string of the molecule is C[C@H](O)CC(C)(C)CNC(=O)[C@H]1CCCC[C@@H]1C(F)(F)F. The number of hydrogen-bond acceptors (Lipinski definition) is 2. The highest BCUT2D eigenvalue weighted by Crippen LogP contribution is 2.41. The Balaban J connectivity index is 2.61. The Labute approximate surface area is 124 Å². The van der Waals surface area contributed by atoms with E-state index in [0.29, 0.717) is 25.7 Å². The molecule has 0 unspecified atom stereocenters. The molecule has 1 rings (SSSR count). The molecule has 0 aromatic rings. The second kappa shape index (κ2) is 6.99. The number of nitrogens with one attached hydrogen (secondary N) is 1. The number of hydrogen-bond donors (Lipinski definition) is 2. The van der Waals surface area contributed by atoms with Crippen molar-refractivity contribution in [2.75, 3.05) is 6.54 Å². The third kappa shape index (κ3) is 5.85. The molecule has 0 aromatic carbocycles. The maximum atomic E-state index is 13.0. The highest BCUT2D eigenvalue weighted by Gasteiger charge is 2.48. The standard InChI is InChI=1S/C15H26F3NO2/c1-10(20)8-14(2,3)9-19-13(21)11-6-4-5-7-12(11)15(16,17)18/h10-12,20H,4-9H2,1-3H3,(H,19,21)/t10-,11-,12-/m0/s1. The van der Waals surface area contributed by atoms with Gasteiger partial charge in [0.15, 0.2) is 0 Å². The van der Waals surface area contributed by atoms with Crippen LogP contribution in [0, 0.1) is 17.3 Å². The van der Waals surface area contributed by atoms with Gasteiger partial charge < -0.3 is 10.4 Å². The fraction of sp³-hybridized carbons (Fsp3) is 0.933. The molecule has 1 aliphatic carbocycles. The molecular formula is C15H26F3NO2. The van der Waals surface area contributed by atoms with Gasteiger partial charge >= 0.3 is 6.18 Å². The molecule has 124 valence electrons. The largest absolute Gasteiger partial charge is 0.393 e. The van der Waals surface area contributed by atoms with Crippen LogP contribution in [0.25, 0.3) is 0 Å². The summed E-state index contributed by atoms with van der Waals surface area (Å²) in [7, 11) is 0. The quantitative estimate of drug-likeness (QED) is 0.819. The maximum Gasteiger partial charge on any atom is 0.392 e. The van der Waals surface area contributed by atoms with Crippen molar-refractivity contribution in [3.8, 4) is 0 Å². The summed E-state index contributed by atoms with van der Waals surface area (Å²) >= 11 is 0. The predicted octanol–water partition coefficient (Wildman–Crippen LogP) is 3.27. The lowest BCUT2D eigenvalue weighted by atomic mass is 9.78. The van der Waals surface area contributed by atoms with Crippen molar-refractivity contribution >= 4 is 5.91 Å². The van der Waals surface area contributed by atoms with Crippen molar-refractivity contribution in [3.05, 3.63) is 0 Å². The molecule has 0 aromatic heterocycles. The monoisotopic (exact) mass is 309 g/mol. The molecule has 3 atom stereocenters. The predicted molar refractivity (Wildman–Crippen MR) is 74.6 cm³/mol. The Kier molecular flexibility index (Phi) is 6.08. The summed E-state index contributed by atoms with van der Waals surface area (Å²) in [6, 6.07) is 0. The van der Waals surface area contributed by atoms with Crippen LogP contribution in [-0.4, -0.2) is 29.8 Å². The van der Waals surface area contributed by atoms with Crippen molar-refractivity contribution in [1.29, 1.82) is 0 Å². The van der Waals surface area contributed by atoms with Crippen molar-refractivity contribution in [2.24, 2.45) is 17.3 Å². The van der Waals surface area contributed by atoms with E-state index >= 15 is 0 Å². The van der Waals surface area contributed by atoms with Crippen LogP contribution in [-0.2, 0) is 4.79 Å². The molecule has 6 heteroatoms. The number of aliphatic hydroxyl groups is 1. The zero-order valence-corrected chi connectivity index (χ0v) is 13.0. The highest BCUT2D eigenvalue weighted by molar-refractivity contribution is 5.79. The van der Waals surface area contributed by atoms with E-state index in [1.807, 2.05) is 13.8 Å². The van der Waals surface area contributed by atoms with Crippen LogP contribution in [0.5, 0.6) is 0 Å². The van der Waals surface area contributed by atoms with Gasteiger partial charge in [-0.15, -0.1) is 0 Å². The summed E-state index contributed by atoms with van der Waals surface area (Å²) in [5, 5.41) is 12.0. The fourth-order valence-corrected chi connectivity index (χ4v) is 3.17. The zero-order chi connectivity index (χ0) is 16.3. The van der Waals surface area contributed by atoms with Gasteiger partial charge in [0.2, 0.25) is 5.91 Å². The topological polar surface area (TPSA) is 49.3 Å². The number of alkyl halides is 3. The lowest BCUT2D eigenvalue weighted by molar-refractivity contribution is -0.198. The lowest BCUT2D eigenvalue weighted by Gasteiger charge is -2.33. The number of amides is 1. The smallest absolute Gasteiger partial charge is 0.392 e. The van der Waals surface area contributed by atoms with Crippen molar-refractivity contribution in [1.82, 2.24) is 5.32 Å². The molecule has 1 fully saturated rings. The van der Waals surface area contributed by atoms with Gasteiger partial charge in [0.05, 0.1) is 12.0 Å². The molecule has 1 amide bonds. The molecule has 0 heterocycles. The van der Waals surface area contributed by atoms with E-state index in [0.717, 1.165) is 0 Å². The van der Waals surface area contributed by atoms with Crippen LogP contribution in [0.3, 0.4) is 0 Å². The van der Waals surface area contributed by atoms with Crippen molar-refractivity contribution < 1.29 is 23.1 Å². The number of aliphatic hydroxyl groups excluding tert-OH is 1. The van der Waals surface area contributed by atoms with Crippen LogP contribution < -0.4 is 5.32 Å². The summed E-state index contributed by atoms with van der Waals surface area (Å²) < 4.78 is 39.0. The normalized spacial score (nSPS) is 25.5. The first-order chi connectivity index (χ1) is 9.53. The second-order valence-electron chi connectivity index (χ2n) is 6.97. The minimum absolute atomic E-state index is 0.0403. The van der Waals surface area contributed by atoms with Crippen LogP contribution in [0.1, 0.15) is 52.9 Å². The second-order valence-corrected chi connectivity index (χ2v) is 6.97. The Morgan fingerprint density at radius 1 is 1.29 bits per heavy atom. The third-order valence-corrected chi connectivity index (χ3v) is 4.11. The molecule has 1 aliphatic rings. The van der Waals surface area contributed by atoms with Gasteiger partial charge in [0.1, 0.15) is 0 Å². The number of carbonyl (C=O) groups is 1. The first-order valence-corrected chi connectivity index (χ1v) is 7.55. The zero-order valence-electron chi connectivity index (χ0n) is 13.0. The van der Waals surface area contributed by atoms with E-state index in [-0.39, 0.29) is 18.4 Å². The number of rotatable bonds is 5. The molecule has 0 saturated heterocycles. The molecule has 0 radical (unpaired) electrons. The first-order valence-electron chi connectivity index (χ1n) is 7.55. The summed E-state index contributed by atoms with van der Waals surface area (Å²) in [5.74, 6) is -3.00. The molecule has 0 spiro atoms.